The van der Waals surface area contributed by atoms with Crippen molar-refractivity contribution in [2.45, 2.75) is 31.3 Å². The zero-order chi connectivity index (χ0) is 12.2. The number of fused-ring (bicyclic) bond motifs is 1. The molecule has 0 unspecified atom stereocenters. The molecule has 5 heteroatoms. The van der Waals surface area contributed by atoms with Crippen LogP contribution in [0.25, 0.3) is 0 Å². The molecule has 3 aliphatic rings. The third kappa shape index (κ3) is 1.57. The van der Waals surface area contributed by atoms with Crippen LogP contribution in [0.1, 0.15) is 25.3 Å². The third-order valence-corrected chi connectivity index (χ3v) is 5.01. The summed E-state index contributed by atoms with van der Waals surface area (Å²) in [5.41, 5.74) is 6.55. The van der Waals surface area contributed by atoms with Gasteiger partial charge in [-0.1, -0.05) is 0 Å². The summed E-state index contributed by atoms with van der Waals surface area (Å²) in [4.78, 5) is 0. The van der Waals surface area contributed by atoms with E-state index >= 15 is 0 Å². The monoisotopic (exact) mass is 247 g/mol. The third-order valence-electron chi connectivity index (χ3n) is 5.01. The first-order valence-corrected chi connectivity index (χ1v) is 7.00. The lowest BCUT2D eigenvalue weighted by atomic mass is 10.0. The van der Waals surface area contributed by atoms with Crippen molar-refractivity contribution in [2.75, 3.05) is 25.0 Å². The van der Waals surface area contributed by atoms with Gasteiger partial charge in [0.1, 0.15) is 5.82 Å². The Bertz CT molecular complexity index is 452. The number of anilines is 1. The molecule has 0 aromatic carbocycles. The van der Waals surface area contributed by atoms with E-state index in [4.69, 9.17) is 5.73 Å². The molecule has 2 heterocycles. The van der Waals surface area contributed by atoms with Crippen LogP contribution in [0.4, 0.5) is 5.82 Å². The number of hydrogen-bond donors (Lipinski definition) is 3. The zero-order valence-electron chi connectivity index (χ0n) is 10.6. The van der Waals surface area contributed by atoms with Crippen LogP contribution in [0.3, 0.4) is 0 Å². The molecule has 3 atom stereocenters. The van der Waals surface area contributed by atoms with Gasteiger partial charge < -0.3 is 16.4 Å². The molecule has 1 aliphatic heterocycles. The van der Waals surface area contributed by atoms with Gasteiger partial charge in [0, 0.05) is 31.7 Å². The molecule has 2 aliphatic carbocycles. The van der Waals surface area contributed by atoms with Crippen LogP contribution < -0.4 is 16.4 Å². The molecule has 1 aromatic rings. The predicted octanol–water partition coefficient (Wildman–Crippen LogP) is 0.567. The quantitative estimate of drug-likeness (QED) is 0.727. The van der Waals surface area contributed by atoms with Crippen LogP contribution in [0.15, 0.2) is 12.3 Å². The van der Waals surface area contributed by atoms with Crippen LogP contribution in [0, 0.1) is 11.3 Å². The molecule has 1 aromatic heterocycles. The number of rotatable bonds is 4. The Morgan fingerprint density at radius 1 is 1.50 bits per heavy atom. The molecule has 0 radical (unpaired) electrons. The zero-order valence-corrected chi connectivity index (χ0v) is 10.6. The van der Waals surface area contributed by atoms with Crippen LogP contribution in [-0.4, -0.2) is 35.5 Å². The fourth-order valence-electron chi connectivity index (χ4n) is 3.73. The number of aromatic nitrogens is 2. The van der Waals surface area contributed by atoms with E-state index in [-0.39, 0.29) is 0 Å². The second-order valence-corrected chi connectivity index (χ2v) is 6.29. The summed E-state index contributed by atoms with van der Waals surface area (Å²) in [5.74, 6) is 2.05. The molecule has 3 fully saturated rings. The fourth-order valence-corrected chi connectivity index (χ4v) is 3.73. The molecular weight excluding hydrogens is 226 g/mol. The summed E-state index contributed by atoms with van der Waals surface area (Å²) in [5, 5.41) is 11.3. The van der Waals surface area contributed by atoms with E-state index in [1.165, 1.54) is 25.1 Å². The Hall–Kier alpha value is -1.07. The van der Waals surface area contributed by atoms with Crippen LogP contribution in [0.5, 0.6) is 0 Å². The minimum Gasteiger partial charge on any atom is -0.370 e. The molecule has 2 saturated carbocycles. The predicted molar refractivity (Wildman–Crippen MR) is 70.4 cm³/mol. The smallest absolute Gasteiger partial charge is 0.124 e. The summed E-state index contributed by atoms with van der Waals surface area (Å²) < 4.78 is 2.12. The Kier molecular flexibility index (Phi) is 2.23. The average Bonchev–Trinajstić information content (AvgIpc) is 2.66. The van der Waals surface area contributed by atoms with Gasteiger partial charge in [-0.3, -0.25) is 0 Å². The topological polar surface area (TPSA) is 67.9 Å². The molecule has 0 amide bonds. The molecule has 1 saturated heterocycles. The van der Waals surface area contributed by atoms with Crippen molar-refractivity contribution in [2.24, 2.45) is 17.1 Å². The van der Waals surface area contributed by atoms with E-state index in [1.54, 1.807) is 0 Å². The highest BCUT2D eigenvalue weighted by molar-refractivity contribution is 5.36. The highest BCUT2D eigenvalue weighted by Gasteiger charge is 2.58. The normalized spacial score (nSPS) is 38.3. The van der Waals surface area contributed by atoms with Gasteiger partial charge in [0.05, 0.1) is 12.2 Å². The number of hydrogen-bond acceptors (Lipinski definition) is 4. The first-order valence-electron chi connectivity index (χ1n) is 7.00. The van der Waals surface area contributed by atoms with E-state index in [1.807, 2.05) is 6.20 Å². The molecule has 5 nitrogen and oxygen atoms in total. The van der Waals surface area contributed by atoms with E-state index < -0.39 is 0 Å². The van der Waals surface area contributed by atoms with Crippen molar-refractivity contribution in [1.29, 1.82) is 0 Å². The van der Waals surface area contributed by atoms with Gasteiger partial charge in [-0.15, -0.1) is 0 Å². The van der Waals surface area contributed by atoms with Gasteiger partial charge in [0.15, 0.2) is 0 Å². The average molecular weight is 247 g/mol. The van der Waals surface area contributed by atoms with Crippen molar-refractivity contribution in [3.8, 4) is 0 Å². The van der Waals surface area contributed by atoms with Crippen LogP contribution in [0.2, 0.25) is 0 Å². The minimum absolute atomic E-state index is 0.436. The number of nitrogens with zero attached hydrogens (tertiary/aromatic N) is 2. The molecule has 98 valence electrons. The lowest BCUT2D eigenvalue weighted by Crippen LogP contribution is -2.44. The maximum Gasteiger partial charge on any atom is 0.124 e. The van der Waals surface area contributed by atoms with E-state index in [2.05, 4.69) is 26.5 Å². The lowest BCUT2D eigenvalue weighted by Gasteiger charge is -2.29. The molecule has 0 bridgehead atoms. The van der Waals surface area contributed by atoms with Crippen molar-refractivity contribution in [1.82, 2.24) is 15.1 Å². The van der Waals surface area contributed by atoms with Gasteiger partial charge in [0.2, 0.25) is 0 Å². The molecule has 18 heavy (non-hydrogen) atoms. The van der Waals surface area contributed by atoms with E-state index in [0.29, 0.717) is 17.5 Å². The van der Waals surface area contributed by atoms with Crippen molar-refractivity contribution in [3.05, 3.63) is 12.3 Å². The largest absolute Gasteiger partial charge is 0.370 e. The number of nitrogens with two attached hydrogens (primary N) is 1. The molecule has 4 N–H and O–H groups in total. The Labute approximate surface area is 107 Å². The maximum absolute atomic E-state index is 6.04. The Morgan fingerprint density at radius 3 is 3.06 bits per heavy atom. The van der Waals surface area contributed by atoms with E-state index in [9.17, 15) is 0 Å². The molecule has 4 rings (SSSR count). The van der Waals surface area contributed by atoms with Gasteiger partial charge >= 0.3 is 0 Å². The highest BCUT2D eigenvalue weighted by atomic mass is 15.4. The summed E-state index contributed by atoms with van der Waals surface area (Å²) in [6.07, 6.45) is 5.69. The minimum atomic E-state index is 0.436. The molecular formula is C13H21N5. The lowest BCUT2D eigenvalue weighted by molar-refractivity contribution is 0.320. The number of nitrogens with one attached hydrogen (secondary N) is 2. The molecule has 0 spiro atoms. The summed E-state index contributed by atoms with van der Waals surface area (Å²) >= 11 is 0. The van der Waals surface area contributed by atoms with Gasteiger partial charge in [0.25, 0.3) is 0 Å². The van der Waals surface area contributed by atoms with Gasteiger partial charge in [-0.2, -0.15) is 5.10 Å². The van der Waals surface area contributed by atoms with Crippen molar-refractivity contribution >= 4 is 5.82 Å². The maximum atomic E-state index is 6.04. The van der Waals surface area contributed by atoms with Crippen molar-refractivity contribution in [3.63, 3.8) is 0 Å². The first kappa shape index (κ1) is 10.8. The van der Waals surface area contributed by atoms with Crippen molar-refractivity contribution < 1.29 is 0 Å². The second kappa shape index (κ2) is 3.71. The summed E-state index contributed by atoms with van der Waals surface area (Å²) in [6.45, 7) is 3.14. The fraction of sp³-hybridized carbons (Fsp3) is 0.769. The van der Waals surface area contributed by atoms with Crippen LogP contribution in [-0.2, 0) is 0 Å². The Morgan fingerprint density at radius 2 is 2.39 bits per heavy atom. The van der Waals surface area contributed by atoms with Gasteiger partial charge in [-0.05, 0) is 30.6 Å². The Balaban J connectivity index is 1.42. The standard InChI is InChI=1S/C13H21N5/c14-10-3-9-4-13(9,5-10)8-16-12-1-2-17-18(12)11-6-15-7-11/h1-2,9-11,15-16H,3-8,14H2/t9-,10+,13-/m0/s1. The SMILES string of the molecule is N[C@@H]1C[C@H]2C[C@@]2(CNc2ccnn2C2CNC2)C1. The van der Waals surface area contributed by atoms with Crippen LogP contribution >= 0.6 is 0 Å². The van der Waals surface area contributed by atoms with Gasteiger partial charge in [-0.25, -0.2) is 4.68 Å². The van der Waals surface area contributed by atoms with E-state index in [0.717, 1.165) is 25.6 Å². The summed E-state index contributed by atoms with van der Waals surface area (Å²) in [6, 6.07) is 3.05. The second-order valence-electron chi connectivity index (χ2n) is 6.29. The summed E-state index contributed by atoms with van der Waals surface area (Å²) in [7, 11) is 0. The first-order chi connectivity index (χ1) is 8.77. The highest BCUT2D eigenvalue weighted by Crippen LogP contribution is 2.62.